The van der Waals surface area contributed by atoms with Crippen LogP contribution in [0.1, 0.15) is 41.8 Å². The molecule has 0 aromatic carbocycles. The van der Waals surface area contributed by atoms with Gasteiger partial charge in [0.1, 0.15) is 10.7 Å². The smallest absolute Gasteiger partial charge is 0.259 e. The summed E-state index contributed by atoms with van der Waals surface area (Å²) in [6.45, 7) is 4.32. The van der Waals surface area contributed by atoms with Gasteiger partial charge >= 0.3 is 0 Å². The van der Waals surface area contributed by atoms with Crippen LogP contribution in [0.5, 0.6) is 0 Å². The molecule has 25 heavy (non-hydrogen) atoms. The Morgan fingerprint density at radius 2 is 2.08 bits per heavy atom. The number of aryl methyl sites for hydroxylation is 1. The van der Waals surface area contributed by atoms with E-state index in [4.69, 9.17) is 4.98 Å². The highest BCUT2D eigenvalue weighted by atomic mass is 32.2. The van der Waals surface area contributed by atoms with Crippen molar-refractivity contribution >= 4 is 56.4 Å². The van der Waals surface area contributed by atoms with Crippen LogP contribution in [0.2, 0.25) is 0 Å². The molecule has 0 fully saturated rings. The molecule has 3 aromatic rings. The number of H-pyrrole nitrogens is 1. The molecule has 0 aliphatic heterocycles. The number of rotatable bonds is 4. The summed E-state index contributed by atoms with van der Waals surface area (Å²) in [5, 5.41) is 9.15. The van der Waals surface area contributed by atoms with Gasteiger partial charge in [0, 0.05) is 4.88 Å². The fourth-order valence-electron chi connectivity index (χ4n) is 3.09. The summed E-state index contributed by atoms with van der Waals surface area (Å²) in [5.41, 5.74) is 1.23. The Labute approximate surface area is 162 Å². The Balaban J connectivity index is 1.67. The van der Waals surface area contributed by atoms with Crippen molar-refractivity contribution in [1.82, 2.24) is 20.2 Å². The van der Waals surface area contributed by atoms with E-state index in [-0.39, 0.29) is 10.8 Å². The molecule has 2 atom stereocenters. The molecule has 0 amide bonds. The lowest BCUT2D eigenvalue weighted by molar-refractivity contribution is 0.509. The number of nitrogens with zero attached hydrogens (tertiary/aromatic N) is 3. The van der Waals surface area contributed by atoms with Crippen LogP contribution in [-0.4, -0.2) is 26.4 Å². The highest BCUT2D eigenvalue weighted by Gasteiger charge is 2.24. The van der Waals surface area contributed by atoms with Crippen molar-refractivity contribution in [1.29, 1.82) is 0 Å². The first-order chi connectivity index (χ1) is 12.0. The van der Waals surface area contributed by atoms with Crippen LogP contribution in [0.25, 0.3) is 10.2 Å². The number of thioether (sulfide) groups is 2. The van der Waals surface area contributed by atoms with E-state index in [0.717, 1.165) is 44.0 Å². The number of hydrogen-bond acceptors (Lipinski definition) is 8. The Hall–Kier alpha value is -0.900. The maximum atomic E-state index is 12.7. The number of nitrogens with one attached hydrogen (secondary N) is 1. The minimum absolute atomic E-state index is 0.00145. The van der Waals surface area contributed by atoms with Gasteiger partial charge in [-0.1, -0.05) is 41.8 Å². The molecule has 0 unspecified atom stereocenters. The van der Waals surface area contributed by atoms with Gasteiger partial charge in [-0.25, -0.2) is 4.98 Å². The second-order valence-electron chi connectivity index (χ2n) is 6.28. The summed E-state index contributed by atoms with van der Waals surface area (Å²) in [4.78, 5) is 22.7. The molecule has 3 heterocycles. The fourth-order valence-corrected chi connectivity index (χ4v) is 7.12. The lowest BCUT2D eigenvalue weighted by Crippen LogP contribution is -2.15. The van der Waals surface area contributed by atoms with Gasteiger partial charge in [0.25, 0.3) is 5.56 Å². The summed E-state index contributed by atoms with van der Waals surface area (Å²) in [6.07, 6.45) is 5.21. The standard InChI is InChI=1S/C16H18N4OS4/c1-7-4-5-9-10(6-7)24-14-11(9)13(21)17-12(18-14)8(2)23-16-20-19-15(22-3)25-16/h7-8H,4-6H2,1-3H3,(H,17,18,21)/t7-,8-/m1/s1. The zero-order valence-corrected chi connectivity index (χ0v) is 17.4. The Morgan fingerprint density at radius 3 is 2.84 bits per heavy atom. The summed E-state index contributed by atoms with van der Waals surface area (Å²) in [5.74, 6) is 1.41. The van der Waals surface area contributed by atoms with E-state index >= 15 is 0 Å². The van der Waals surface area contributed by atoms with Crippen molar-refractivity contribution in [2.75, 3.05) is 6.26 Å². The normalized spacial score (nSPS) is 18.4. The molecular weight excluding hydrogens is 392 g/mol. The van der Waals surface area contributed by atoms with Crippen LogP contribution in [-0.2, 0) is 12.8 Å². The number of aromatic nitrogens is 4. The predicted molar refractivity (Wildman–Crippen MR) is 107 cm³/mol. The third-order valence-corrected chi connectivity index (χ3v) is 8.65. The van der Waals surface area contributed by atoms with E-state index in [1.54, 1.807) is 46.2 Å². The molecule has 1 aliphatic rings. The van der Waals surface area contributed by atoms with Crippen molar-refractivity contribution in [3.05, 3.63) is 26.6 Å². The van der Waals surface area contributed by atoms with Crippen LogP contribution in [0.3, 0.4) is 0 Å². The van der Waals surface area contributed by atoms with Crippen molar-refractivity contribution in [3.63, 3.8) is 0 Å². The highest BCUT2D eigenvalue weighted by Crippen LogP contribution is 2.39. The number of fused-ring (bicyclic) bond motifs is 3. The van der Waals surface area contributed by atoms with Crippen molar-refractivity contribution in [2.45, 2.75) is 47.0 Å². The molecule has 5 nitrogen and oxygen atoms in total. The topological polar surface area (TPSA) is 71.5 Å². The molecule has 4 rings (SSSR count). The lowest BCUT2D eigenvalue weighted by atomic mass is 9.89. The van der Waals surface area contributed by atoms with Gasteiger partial charge in [0.05, 0.1) is 10.6 Å². The quantitative estimate of drug-likeness (QED) is 0.637. The van der Waals surface area contributed by atoms with Gasteiger partial charge < -0.3 is 4.98 Å². The second kappa shape index (κ2) is 7.02. The fraction of sp³-hybridized carbons (Fsp3) is 0.500. The molecule has 0 spiro atoms. The van der Waals surface area contributed by atoms with Crippen LogP contribution in [0, 0.1) is 5.92 Å². The number of aromatic amines is 1. The van der Waals surface area contributed by atoms with E-state index in [1.807, 2.05) is 13.2 Å². The van der Waals surface area contributed by atoms with E-state index in [9.17, 15) is 4.79 Å². The summed E-state index contributed by atoms with van der Waals surface area (Å²) >= 11 is 6.45. The average Bonchev–Trinajstić information content (AvgIpc) is 3.17. The van der Waals surface area contributed by atoms with Gasteiger partial charge in [-0.3, -0.25) is 4.79 Å². The van der Waals surface area contributed by atoms with E-state index in [0.29, 0.717) is 5.92 Å². The minimum atomic E-state index is 0.00145. The van der Waals surface area contributed by atoms with Gasteiger partial charge in [-0.05, 0) is 43.9 Å². The van der Waals surface area contributed by atoms with E-state index in [2.05, 4.69) is 22.1 Å². The van der Waals surface area contributed by atoms with Crippen LogP contribution >= 0.6 is 46.2 Å². The zero-order chi connectivity index (χ0) is 17.6. The number of thiophene rings is 1. The third kappa shape index (κ3) is 3.39. The molecule has 0 saturated heterocycles. The predicted octanol–water partition coefficient (Wildman–Crippen LogP) is 4.54. The molecular formula is C16H18N4OS4. The maximum absolute atomic E-state index is 12.7. The van der Waals surface area contributed by atoms with Crippen LogP contribution in [0.15, 0.2) is 13.5 Å². The molecule has 9 heteroatoms. The SMILES string of the molecule is CSc1nnc(S[C@H](C)c2nc3sc4c(c3c(=O)[nH]2)CC[C@@H](C)C4)s1. The van der Waals surface area contributed by atoms with Gasteiger partial charge in [0.2, 0.25) is 0 Å². The third-order valence-electron chi connectivity index (χ3n) is 4.41. The molecule has 0 radical (unpaired) electrons. The van der Waals surface area contributed by atoms with E-state index < -0.39 is 0 Å². The second-order valence-corrected chi connectivity index (χ2v) is 11.0. The molecule has 0 saturated carbocycles. The highest BCUT2D eigenvalue weighted by molar-refractivity contribution is 8.03. The van der Waals surface area contributed by atoms with Gasteiger partial charge in [-0.2, -0.15) is 0 Å². The molecule has 1 N–H and O–H groups in total. The van der Waals surface area contributed by atoms with Crippen LogP contribution < -0.4 is 5.56 Å². The molecule has 132 valence electrons. The molecule has 3 aromatic heterocycles. The lowest BCUT2D eigenvalue weighted by Gasteiger charge is -2.17. The van der Waals surface area contributed by atoms with E-state index in [1.165, 1.54) is 10.4 Å². The van der Waals surface area contributed by atoms with Crippen molar-refractivity contribution in [2.24, 2.45) is 5.92 Å². The van der Waals surface area contributed by atoms with Crippen LogP contribution in [0.4, 0.5) is 0 Å². The largest absolute Gasteiger partial charge is 0.309 e. The number of hydrogen-bond donors (Lipinski definition) is 1. The average molecular weight is 411 g/mol. The first kappa shape index (κ1) is 17.5. The molecule has 1 aliphatic carbocycles. The molecule has 0 bridgehead atoms. The van der Waals surface area contributed by atoms with Crippen molar-refractivity contribution in [3.8, 4) is 0 Å². The Morgan fingerprint density at radius 1 is 1.28 bits per heavy atom. The minimum Gasteiger partial charge on any atom is -0.309 e. The first-order valence-corrected chi connectivity index (χ1v) is 11.9. The first-order valence-electron chi connectivity index (χ1n) is 8.13. The van der Waals surface area contributed by atoms with Gasteiger partial charge in [-0.15, -0.1) is 21.5 Å². The Bertz CT molecular complexity index is 976. The van der Waals surface area contributed by atoms with Crippen molar-refractivity contribution < 1.29 is 0 Å². The summed E-state index contributed by atoms with van der Waals surface area (Å²) in [7, 11) is 0. The zero-order valence-electron chi connectivity index (χ0n) is 14.2. The summed E-state index contributed by atoms with van der Waals surface area (Å²) < 4.78 is 1.85. The Kier molecular flexibility index (Phi) is 4.91. The van der Waals surface area contributed by atoms with Gasteiger partial charge in [0.15, 0.2) is 8.68 Å². The monoisotopic (exact) mass is 410 g/mol. The summed E-state index contributed by atoms with van der Waals surface area (Å²) in [6, 6.07) is 0. The maximum Gasteiger partial charge on any atom is 0.259 e.